The zero-order valence-corrected chi connectivity index (χ0v) is 26.4. The molecular formula is C33H35BF2N2O6S. The van der Waals surface area contributed by atoms with E-state index in [-0.39, 0.29) is 36.7 Å². The normalized spacial score (nSPS) is 18.0. The van der Waals surface area contributed by atoms with Gasteiger partial charge in [0.05, 0.1) is 22.5 Å². The Morgan fingerprint density at radius 1 is 1.04 bits per heavy atom. The minimum Gasteiger partial charge on any atom is -0.460 e. The number of nitrogens with two attached hydrogens (primary N) is 1. The first kappa shape index (κ1) is 31.4. The summed E-state index contributed by atoms with van der Waals surface area (Å²) in [4.78, 5) is 12.6. The lowest BCUT2D eigenvalue weighted by Crippen LogP contribution is -2.41. The lowest BCUT2D eigenvalue weighted by atomic mass is 9.78. The molecule has 3 N–H and O–H groups in total. The maximum atomic E-state index is 15.3. The Bertz CT molecular complexity index is 1790. The maximum absolute atomic E-state index is 15.3. The van der Waals surface area contributed by atoms with Crippen LogP contribution in [-0.2, 0) is 33.4 Å². The van der Waals surface area contributed by atoms with E-state index in [1.807, 2.05) is 27.7 Å². The molecule has 236 valence electrons. The quantitative estimate of drug-likeness (QED) is 0.169. The van der Waals surface area contributed by atoms with Crippen molar-refractivity contribution in [2.45, 2.75) is 70.5 Å². The fourth-order valence-electron chi connectivity index (χ4n) is 5.72. The van der Waals surface area contributed by atoms with Gasteiger partial charge in [0.25, 0.3) is 17.2 Å². The predicted molar refractivity (Wildman–Crippen MR) is 170 cm³/mol. The van der Waals surface area contributed by atoms with Gasteiger partial charge in [-0.2, -0.15) is 0 Å². The van der Waals surface area contributed by atoms with Crippen molar-refractivity contribution in [3.05, 3.63) is 94.2 Å². The summed E-state index contributed by atoms with van der Waals surface area (Å²) in [6.45, 7) is 7.75. The smallest absolute Gasteiger partial charge is 0.460 e. The summed E-state index contributed by atoms with van der Waals surface area (Å²) in [5.74, 6) is -1.06. The summed E-state index contributed by atoms with van der Waals surface area (Å²) in [7, 11) is -0.709. The van der Waals surface area contributed by atoms with Crippen molar-refractivity contribution >= 4 is 46.4 Å². The van der Waals surface area contributed by atoms with Gasteiger partial charge in [-0.3, -0.25) is 13.7 Å². The topological polar surface area (TPSA) is 115 Å². The van der Waals surface area contributed by atoms with Gasteiger partial charge in [0.15, 0.2) is 0 Å². The minimum absolute atomic E-state index is 0.0346. The van der Waals surface area contributed by atoms with Gasteiger partial charge in [0.1, 0.15) is 23.0 Å². The SMILES string of the molecule is CC1(C)OB(c2ccc(CCN(c3cc4oc(Cc5ccc(F)cc5)c(C(N)=O)c4cc3C3CC3)S(=O)O)c(F)c2)OC1(C)C. The van der Waals surface area contributed by atoms with Crippen LogP contribution < -0.4 is 15.5 Å². The number of carbonyl (C=O) groups is 1. The van der Waals surface area contributed by atoms with E-state index >= 15 is 4.39 Å². The molecule has 6 rings (SSSR count). The van der Waals surface area contributed by atoms with E-state index in [0.29, 0.717) is 33.4 Å². The second-order valence-corrected chi connectivity index (χ2v) is 13.7. The Labute approximate surface area is 263 Å². The van der Waals surface area contributed by atoms with Gasteiger partial charge in [-0.1, -0.05) is 24.3 Å². The van der Waals surface area contributed by atoms with Crippen molar-refractivity contribution < 1.29 is 36.1 Å². The molecule has 1 unspecified atom stereocenters. The first-order chi connectivity index (χ1) is 21.2. The number of primary amides is 1. The number of carbonyl (C=O) groups excluding carboxylic acids is 1. The number of hydrogen-bond donors (Lipinski definition) is 2. The van der Waals surface area contributed by atoms with Gasteiger partial charge in [-0.15, -0.1) is 0 Å². The van der Waals surface area contributed by atoms with Crippen LogP contribution in [0.15, 0.2) is 59.0 Å². The number of halogens is 2. The highest BCUT2D eigenvalue weighted by Gasteiger charge is 2.51. The standard InChI is InChI=1S/C33H35BF2N2O6S/c1-32(2)33(3,4)44-34(43-32)22-10-9-21(26(36)16-22)13-14-38(45(40)41)27-18-28-25(17-24(27)20-7-8-20)30(31(37)39)29(42-28)15-19-5-11-23(35)12-6-19/h5-6,9-12,16-18,20H,7-8,13-15H2,1-4H3,(H2,37,39)(H,40,41). The minimum atomic E-state index is -2.44. The monoisotopic (exact) mass is 636 g/mol. The molecule has 1 aromatic heterocycles. The van der Waals surface area contributed by atoms with E-state index in [9.17, 15) is 17.9 Å². The van der Waals surface area contributed by atoms with Crippen molar-refractivity contribution in [2.75, 3.05) is 10.8 Å². The van der Waals surface area contributed by atoms with E-state index < -0.39 is 41.3 Å². The van der Waals surface area contributed by atoms with Crippen LogP contribution in [0.3, 0.4) is 0 Å². The third-order valence-corrected chi connectivity index (χ3v) is 9.85. The molecule has 2 aliphatic rings. The molecule has 0 radical (unpaired) electrons. The molecule has 1 saturated heterocycles. The zero-order chi connectivity index (χ0) is 32.3. The van der Waals surface area contributed by atoms with E-state index in [0.717, 1.165) is 24.0 Å². The molecule has 8 nitrogen and oxygen atoms in total. The summed E-state index contributed by atoms with van der Waals surface area (Å²) in [6.07, 6.45) is 2.11. The highest BCUT2D eigenvalue weighted by molar-refractivity contribution is 7.80. The molecule has 1 aliphatic heterocycles. The fraction of sp³-hybridized carbons (Fsp3) is 0.364. The number of fused-ring (bicyclic) bond motifs is 1. The van der Waals surface area contributed by atoms with Crippen molar-refractivity contribution in [1.29, 1.82) is 0 Å². The highest BCUT2D eigenvalue weighted by atomic mass is 32.2. The molecule has 4 aromatic rings. The van der Waals surface area contributed by atoms with Crippen LogP contribution >= 0.6 is 0 Å². The van der Waals surface area contributed by atoms with E-state index in [1.165, 1.54) is 22.5 Å². The second-order valence-electron chi connectivity index (χ2n) is 12.8. The molecule has 1 atom stereocenters. The van der Waals surface area contributed by atoms with Crippen LogP contribution in [0.4, 0.5) is 14.5 Å². The molecular weight excluding hydrogens is 601 g/mol. The average molecular weight is 637 g/mol. The van der Waals surface area contributed by atoms with Crippen LogP contribution in [0.2, 0.25) is 0 Å². The number of hydrogen-bond acceptors (Lipinski definition) is 5. The zero-order valence-electron chi connectivity index (χ0n) is 25.6. The third-order valence-electron chi connectivity index (χ3n) is 9.10. The highest BCUT2D eigenvalue weighted by Crippen LogP contribution is 2.47. The molecule has 1 amide bonds. The first-order valence-corrected chi connectivity index (χ1v) is 16.0. The van der Waals surface area contributed by atoms with Gasteiger partial charge in [0, 0.05) is 24.4 Å². The number of anilines is 1. The lowest BCUT2D eigenvalue weighted by molar-refractivity contribution is 0.00578. The molecule has 2 heterocycles. The summed E-state index contributed by atoms with van der Waals surface area (Å²) in [6, 6.07) is 14.1. The third kappa shape index (κ3) is 6.16. The maximum Gasteiger partial charge on any atom is 0.494 e. The molecule has 1 aliphatic carbocycles. The number of rotatable bonds is 10. The van der Waals surface area contributed by atoms with E-state index in [1.54, 1.807) is 36.4 Å². The Hall–Kier alpha value is -3.58. The molecule has 45 heavy (non-hydrogen) atoms. The van der Waals surface area contributed by atoms with Crippen LogP contribution in [0.25, 0.3) is 11.0 Å². The Morgan fingerprint density at radius 3 is 2.29 bits per heavy atom. The van der Waals surface area contributed by atoms with E-state index in [4.69, 9.17) is 19.5 Å². The largest absolute Gasteiger partial charge is 0.494 e. The summed E-state index contributed by atoms with van der Waals surface area (Å²) < 4.78 is 71.4. The fourth-order valence-corrected chi connectivity index (χ4v) is 6.29. The van der Waals surface area contributed by atoms with Gasteiger partial charge in [0.2, 0.25) is 0 Å². The van der Waals surface area contributed by atoms with Gasteiger partial charge >= 0.3 is 7.12 Å². The molecule has 2 fully saturated rings. The summed E-state index contributed by atoms with van der Waals surface area (Å²) >= 11 is -2.44. The average Bonchev–Trinajstić information content (AvgIpc) is 3.70. The van der Waals surface area contributed by atoms with E-state index in [2.05, 4.69) is 0 Å². The first-order valence-electron chi connectivity index (χ1n) is 14.9. The predicted octanol–water partition coefficient (Wildman–Crippen LogP) is 5.76. The number of benzene rings is 3. The molecule has 12 heteroatoms. The Kier molecular flexibility index (Phi) is 8.13. The van der Waals surface area contributed by atoms with Crippen LogP contribution in [0.5, 0.6) is 0 Å². The number of nitrogens with zero attached hydrogens (tertiary/aromatic N) is 1. The van der Waals surface area contributed by atoms with Gasteiger partial charge < -0.3 is 19.5 Å². The lowest BCUT2D eigenvalue weighted by Gasteiger charge is -2.32. The summed E-state index contributed by atoms with van der Waals surface area (Å²) in [5.41, 5.74) is 8.12. The van der Waals surface area contributed by atoms with Crippen molar-refractivity contribution in [3.63, 3.8) is 0 Å². The molecule has 0 bridgehead atoms. The van der Waals surface area contributed by atoms with Gasteiger partial charge in [-0.25, -0.2) is 13.0 Å². The van der Waals surface area contributed by atoms with Crippen LogP contribution in [0.1, 0.15) is 79.3 Å². The molecule has 0 spiro atoms. The van der Waals surface area contributed by atoms with Crippen molar-refractivity contribution in [1.82, 2.24) is 0 Å². The van der Waals surface area contributed by atoms with Crippen LogP contribution in [-0.4, -0.2) is 39.5 Å². The van der Waals surface area contributed by atoms with Gasteiger partial charge in [-0.05, 0) is 99.3 Å². The molecule has 3 aromatic carbocycles. The van der Waals surface area contributed by atoms with Crippen LogP contribution in [0, 0.1) is 11.6 Å². The summed E-state index contributed by atoms with van der Waals surface area (Å²) in [5, 5.41) is 0.512. The number of furan rings is 1. The number of amides is 1. The van der Waals surface area contributed by atoms with Crippen molar-refractivity contribution in [3.8, 4) is 0 Å². The van der Waals surface area contributed by atoms with Crippen molar-refractivity contribution in [2.24, 2.45) is 5.73 Å². The second kappa shape index (κ2) is 11.7. The Morgan fingerprint density at radius 2 is 1.71 bits per heavy atom. The molecule has 1 saturated carbocycles. The Balaban J connectivity index is 1.29.